The van der Waals surface area contributed by atoms with Gasteiger partial charge in [-0.1, -0.05) is 13.0 Å². The lowest BCUT2D eigenvalue weighted by Gasteiger charge is -2.31. The number of hydrogen-bond donors (Lipinski definition) is 1. The fraction of sp³-hybridized carbons (Fsp3) is 0.500. The molecule has 1 amide bonds. The van der Waals surface area contributed by atoms with Crippen LogP contribution in [0.15, 0.2) is 18.2 Å². The monoisotopic (exact) mass is 280 g/mol. The lowest BCUT2D eigenvalue weighted by molar-refractivity contribution is 0.0760. The normalized spacial score (nSPS) is 19.3. The standard InChI is InChI=1S/C14H20N2O2S/c1-3-18-12-6-4-5-11(15)13(12)14(17)16-7-8-19-10(2)9-16/h4-6,10H,3,7-9,15H2,1-2H3. The Bertz CT molecular complexity index is 465. The Morgan fingerprint density at radius 3 is 3.05 bits per heavy atom. The molecule has 0 aliphatic carbocycles. The molecule has 1 heterocycles. The summed E-state index contributed by atoms with van der Waals surface area (Å²) in [4.78, 5) is 14.5. The first-order chi connectivity index (χ1) is 9.13. The molecule has 1 unspecified atom stereocenters. The van der Waals surface area contributed by atoms with Gasteiger partial charge in [0.25, 0.3) is 5.91 Å². The van der Waals surface area contributed by atoms with Crippen LogP contribution in [0.1, 0.15) is 24.2 Å². The topological polar surface area (TPSA) is 55.6 Å². The summed E-state index contributed by atoms with van der Waals surface area (Å²) in [6.45, 7) is 6.10. The van der Waals surface area contributed by atoms with Gasteiger partial charge in [-0.25, -0.2) is 0 Å². The van der Waals surface area contributed by atoms with Crippen LogP contribution in [0.3, 0.4) is 0 Å². The van der Waals surface area contributed by atoms with Crippen molar-refractivity contribution in [2.24, 2.45) is 0 Å². The summed E-state index contributed by atoms with van der Waals surface area (Å²) >= 11 is 1.90. The number of nitrogen functional groups attached to an aromatic ring is 1. The molecule has 1 aromatic carbocycles. The Morgan fingerprint density at radius 2 is 2.37 bits per heavy atom. The van der Waals surface area contributed by atoms with Crippen LogP contribution >= 0.6 is 11.8 Å². The molecule has 1 saturated heterocycles. The zero-order valence-corrected chi connectivity index (χ0v) is 12.2. The number of rotatable bonds is 3. The first-order valence-electron chi connectivity index (χ1n) is 6.55. The van der Waals surface area contributed by atoms with Crippen molar-refractivity contribution in [1.82, 2.24) is 4.90 Å². The number of benzene rings is 1. The van der Waals surface area contributed by atoms with Crippen molar-refractivity contribution in [2.75, 3.05) is 31.2 Å². The van der Waals surface area contributed by atoms with E-state index in [4.69, 9.17) is 10.5 Å². The first-order valence-corrected chi connectivity index (χ1v) is 7.60. The van der Waals surface area contributed by atoms with Crippen LogP contribution in [0.5, 0.6) is 5.75 Å². The van der Waals surface area contributed by atoms with E-state index in [1.165, 1.54) is 0 Å². The molecule has 19 heavy (non-hydrogen) atoms. The summed E-state index contributed by atoms with van der Waals surface area (Å²) in [6.07, 6.45) is 0. The minimum Gasteiger partial charge on any atom is -0.493 e. The van der Waals surface area contributed by atoms with E-state index < -0.39 is 0 Å². The van der Waals surface area contributed by atoms with Crippen LogP contribution in [-0.4, -0.2) is 41.5 Å². The lowest BCUT2D eigenvalue weighted by Crippen LogP contribution is -2.41. The maximum absolute atomic E-state index is 12.6. The van der Waals surface area contributed by atoms with Gasteiger partial charge in [0.05, 0.1) is 6.61 Å². The van der Waals surface area contributed by atoms with E-state index in [-0.39, 0.29) is 5.91 Å². The Morgan fingerprint density at radius 1 is 1.58 bits per heavy atom. The third-order valence-electron chi connectivity index (χ3n) is 3.10. The van der Waals surface area contributed by atoms with Gasteiger partial charge in [0.15, 0.2) is 0 Å². The molecule has 0 bridgehead atoms. The van der Waals surface area contributed by atoms with Crippen molar-refractivity contribution in [2.45, 2.75) is 19.1 Å². The van der Waals surface area contributed by atoms with Crippen molar-refractivity contribution in [1.29, 1.82) is 0 Å². The zero-order valence-electron chi connectivity index (χ0n) is 11.4. The number of ether oxygens (including phenoxy) is 1. The predicted octanol–water partition coefficient (Wildman–Crippen LogP) is 2.25. The van der Waals surface area contributed by atoms with Crippen LogP contribution in [-0.2, 0) is 0 Å². The van der Waals surface area contributed by atoms with Gasteiger partial charge in [0.2, 0.25) is 0 Å². The van der Waals surface area contributed by atoms with Gasteiger partial charge in [0, 0.05) is 29.8 Å². The SMILES string of the molecule is CCOc1cccc(N)c1C(=O)N1CCSC(C)C1. The van der Waals surface area contributed by atoms with Crippen molar-refractivity contribution in [3.05, 3.63) is 23.8 Å². The van der Waals surface area contributed by atoms with Gasteiger partial charge in [-0.2, -0.15) is 11.8 Å². The lowest BCUT2D eigenvalue weighted by atomic mass is 10.1. The number of amides is 1. The largest absolute Gasteiger partial charge is 0.493 e. The zero-order chi connectivity index (χ0) is 13.8. The Balaban J connectivity index is 2.27. The molecule has 0 aromatic heterocycles. The molecule has 2 rings (SSSR count). The molecule has 0 spiro atoms. The first kappa shape index (κ1) is 14.1. The minimum absolute atomic E-state index is 0.0197. The second kappa shape index (κ2) is 6.19. The molecule has 2 N–H and O–H groups in total. The fourth-order valence-corrected chi connectivity index (χ4v) is 3.23. The quantitative estimate of drug-likeness (QED) is 0.863. The second-order valence-electron chi connectivity index (χ2n) is 4.59. The molecular formula is C14H20N2O2S. The average Bonchev–Trinajstić information content (AvgIpc) is 2.39. The van der Waals surface area contributed by atoms with Gasteiger partial charge in [-0.15, -0.1) is 0 Å². The van der Waals surface area contributed by atoms with Gasteiger partial charge >= 0.3 is 0 Å². The van der Waals surface area contributed by atoms with Crippen molar-refractivity contribution >= 4 is 23.4 Å². The van der Waals surface area contributed by atoms with E-state index >= 15 is 0 Å². The number of nitrogens with zero attached hydrogens (tertiary/aromatic N) is 1. The molecule has 1 aliphatic rings. The van der Waals surface area contributed by atoms with E-state index in [9.17, 15) is 4.79 Å². The van der Waals surface area contributed by atoms with E-state index in [0.717, 1.165) is 18.8 Å². The molecule has 104 valence electrons. The number of hydrogen-bond acceptors (Lipinski definition) is 4. The molecule has 5 heteroatoms. The highest BCUT2D eigenvalue weighted by Crippen LogP contribution is 2.28. The van der Waals surface area contributed by atoms with Crippen LogP contribution in [0.4, 0.5) is 5.69 Å². The maximum atomic E-state index is 12.6. The third kappa shape index (κ3) is 3.15. The minimum atomic E-state index is -0.0197. The smallest absolute Gasteiger partial charge is 0.259 e. The van der Waals surface area contributed by atoms with Crippen molar-refractivity contribution < 1.29 is 9.53 Å². The molecule has 1 aliphatic heterocycles. The van der Waals surface area contributed by atoms with Gasteiger partial charge in [0.1, 0.15) is 11.3 Å². The van der Waals surface area contributed by atoms with E-state index in [1.54, 1.807) is 12.1 Å². The summed E-state index contributed by atoms with van der Waals surface area (Å²) in [5, 5.41) is 0.471. The number of carbonyl (C=O) groups excluding carboxylic acids is 1. The van der Waals surface area contributed by atoms with Crippen LogP contribution < -0.4 is 10.5 Å². The van der Waals surface area contributed by atoms with Crippen molar-refractivity contribution in [3.63, 3.8) is 0 Å². The molecule has 1 fully saturated rings. The highest BCUT2D eigenvalue weighted by atomic mass is 32.2. The van der Waals surface area contributed by atoms with Crippen LogP contribution in [0, 0.1) is 0 Å². The Labute approximate surface area is 118 Å². The third-order valence-corrected chi connectivity index (χ3v) is 4.24. The fourth-order valence-electron chi connectivity index (χ4n) is 2.21. The Kier molecular flexibility index (Phi) is 4.58. The van der Waals surface area contributed by atoms with E-state index in [1.807, 2.05) is 29.7 Å². The van der Waals surface area contributed by atoms with E-state index in [0.29, 0.717) is 28.9 Å². The number of thioether (sulfide) groups is 1. The molecule has 0 saturated carbocycles. The number of nitrogens with two attached hydrogens (primary N) is 1. The van der Waals surface area contributed by atoms with Crippen molar-refractivity contribution in [3.8, 4) is 5.75 Å². The summed E-state index contributed by atoms with van der Waals surface area (Å²) in [5.41, 5.74) is 6.95. The second-order valence-corrected chi connectivity index (χ2v) is 6.13. The molecular weight excluding hydrogens is 260 g/mol. The van der Waals surface area contributed by atoms with Crippen LogP contribution in [0.2, 0.25) is 0 Å². The van der Waals surface area contributed by atoms with Gasteiger partial charge < -0.3 is 15.4 Å². The van der Waals surface area contributed by atoms with Gasteiger partial charge in [-0.3, -0.25) is 4.79 Å². The summed E-state index contributed by atoms with van der Waals surface area (Å²) < 4.78 is 5.52. The predicted molar refractivity (Wildman–Crippen MR) is 79.8 cm³/mol. The molecule has 1 atom stereocenters. The molecule has 0 radical (unpaired) electrons. The summed E-state index contributed by atoms with van der Waals surface area (Å²) in [6, 6.07) is 5.36. The average molecular weight is 280 g/mol. The summed E-state index contributed by atoms with van der Waals surface area (Å²) in [5.74, 6) is 1.54. The maximum Gasteiger partial charge on any atom is 0.259 e. The molecule has 4 nitrogen and oxygen atoms in total. The Hall–Kier alpha value is -1.36. The van der Waals surface area contributed by atoms with E-state index in [2.05, 4.69) is 6.92 Å². The highest BCUT2D eigenvalue weighted by molar-refractivity contribution is 7.99. The number of anilines is 1. The van der Waals surface area contributed by atoms with Gasteiger partial charge in [-0.05, 0) is 19.1 Å². The van der Waals surface area contributed by atoms with Crippen LogP contribution in [0.25, 0.3) is 0 Å². The summed E-state index contributed by atoms with van der Waals surface area (Å²) in [7, 11) is 0. The number of carbonyl (C=O) groups is 1. The molecule has 1 aromatic rings. The highest BCUT2D eigenvalue weighted by Gasteiger charge is 2.26.